The fraction of sp³-hybridized carbons (Fsp3) is 0.222. The lowest BCUT2D eigenvalue weighted by Gasteiger charge is -2.14. The van der Waals surface area contributed by atoms with Crippen molar-refractivity contribution in [3.8, 4) is 5.75 Å². The molecular weight excluding hydrogens is 609 g/mol. The van der Waals surface area contributed by atoms with Crippen LogP contribution >= 0.6 is 0 Å². The van der Waals surface area contributed by atoms with E-state index in [1.807, 2.05) is 30.5 Å². The van der Waals surface area contributed by atoms with E-state index in [2.05, 4.69) is 14.5 Å². The molecule has 47 heavy (non-hydrogen) atoms. The zero-order valence-electron chi connectivity index (χ0n) is 25.3. The van der Waals surface area contributed by atoms with E-state index in [9.17, 15) is 22.8 Å². The summed E-state index contributed by atoms with van der Waals surface area (Å²) in [6.07, 6.45) is 7.31. The van der Waals surface area contributed by atoms with Crippen LogP contribution < -0.4 is 4.74 Å². The summed E-state index contributed by atoms with van der Waals surface area (Å²) in [6.45, 7) is 1.29. The monoisotopic (exact) mass is 640 g/mol. The number of alkyl halides is 3. The number of hydrogen-bond acceptors (Lipinski definition) is 6. The van der Waals surface area contributed by atoms with Crippen LogP contribution in [-0.4, -0.2) is 37.8 Å². The molecule has 3 aromatic carbocycles. The molecule has 0 saturated heterocycles. The minimum absolute atomic E-state index is 0.206. The number of fused-ring (bicyclic) bond motifs is 1. The van der Waals surface area contributed by atoms with Crippen molar-refractivity contribution in [2.24, 2.45) is 0 Å². The molecule has 5 aromatic rings. The summed E-state index contributed by atoms with van der Waals surface area (Å²) in [5.41, 5.74) is 2.58. The predicted octanol–water partition coefficient (Wildman–Crippen LogP) is 7.50. The number of nitrogens with zero attached hydrogens (tertiary/aromatic N) is 4. The molecule has 0 fully saturated rings. The lowest BCUT2D eigenvalue weighted by atomic mass is 10.1. The summed E-state index contributed by atoms with van der Waals surface area (Å²) in [7, 11) is 0. The third-order valence-corrected chi connectivity index (χ3v) is 7.89. The van der Waals surface area contributed by atoms with Gasteiger partial charge in [-0.25, -0.2) is 9.97 Å². The van der Waals surface area contributed by atoms with Crippen LogP contribution in [0.1, 0.15) is 67.7 Å². The first-order chi connectivity index (χ1) is 22.7. The molecule has 2 aromatic heterocycles. The van der Waals surface area contributed by atoms with Gasteiger partial charge in [0.15, 0.2) is 0 Å². The van der Waals surface area contributed by atoms with Crippen molar-refractivity contribution in [2.45, 2.75) is 45.0 Å². The highest BCUT2D eigenvalue weighted by Gasteiger charge is 2.35. The van der Waals surface area contributed by atoms with Crippen LogP contribution in [0, 0.1) is 0 Å². The van der Waals surface area contributed by atoms with E-state index in [0.717, 1.165) is 43.8 Å². The molecule has 0 unspecified atom stereocenters. The second kappa shape index (κ2) is 13.9. The molecule has 0 saturated carbocycles. The Labute approximate surface area is 269 Å². The Kier molecular flexibility index (Phi) is 9.32. The zero-order valence-corrected chi connectivity index (χ0v) is 25.3. The van der Waals surface area contributed by atoms with Crippen molar-refractivity contribution in [3.63, 3.8) is 0 Å². The van der Waals surface area contributed by atoms with Crippen LogP contribution in [0.15, 0.2) is 95.9 Å². The molecule has 0 spiro atoms. The number of imide groups is 1. The minimum atomic E-state index is -4.37. The van der Waals surface area contributed by atoms with Gasteiger partial charge in [0.1, 0.15) is 30.1 Å². The van der Waals surface area contributed by atoms with Gasteiger partial charge in [-0.1, -0.05) is 36.4 Å². The standard InChI is InChI=1S/C36H31F3N4O4/c37-36(38,39)27-13-8-26(9-14-27)12-17-33-41-28(24-47-33)23-46-29-15-10-25(11-16-29)5-3-4-20-42-22-19-40-32(42)18-21-43-34(44)30-6-1-2-7-31(30)35(43)45/h1-2,6-17,19,22,24H,3-5,18,20-21,23H2. The number of unbranched alkanes of at least 4 members (excludes halogenated alkanes) is 1. The Morgan fingerprint density at radius 2 is 1.55 bits per heavy atom. The summed E-state index contributed by atoms with van der Waals surface area (Å²) in [4.78, 5) is 35.4. The van der Waals surface area contributed by atoms with Crippen LogP contribution in [0.25, 0.3) is 12.2 Å². The molecular formula is C36H31F3N4O4. The van der Waals surface area contributed by atoms with Gasteiger partial charge in [0, 0.05) is 38.0 Å². The van der Waals surface area contributed by atoms with E-state index in [1.54, 1.807) is 42.6 Å². The molecule has 0 atom stereocenters. The molecule has 8 nitrogen and oxygen atoms in total. The number of carbonyl (C=O) groups is 2. The second-order valence-electron chi connectivity index (χ2n) is 11.1. The molecule has 1 aliphatic rings. The first-order valence-electron chi connectivity index (χ1n) is 15.2. The van der Waals surface area contributed by atoms with Gasteiger partial charge in [-0.15, -0.1) is 0 Å². The van der Waals surface area contributed by atoms with Crippen LogP contribution in [-0.2, 0) is 32.2 Å². The third kappa shape index (κ3) is 7.69. The molecule has 2 amide bonds. The largest absolute Gasteiger partial charge is 0.487 e. The topological polar surface area (TPSA) is 90.5 Å². The Morgan fingerprint density at radius 3 is 2.26 bits per heavy atom. The summed E-state index contributed by atoms with van der Waals surface area (Å²) >= 11 is 0. The van der Waals surface area contributed by atoms with Gasteiger partial charge in [-0.3, -0.25) is 14.5 Å². The summed E-state index contributed by atoms with van der Waals surface area (Å²) < 4.78 is 51.5. The molecule has 240 valence electrons. The average molecular weight is 641 g/mol. The number of carbonyl (C=O) groups excluding carboxylic acids is 2. The second-order valence-corrected chi connectivity index (χ2v) is 11.1. The Balaban J connectivity index is 0.910. The van der Waals surface area contributed by atoms with Gasteiger partial charge >= 0.3 is 6.18 Å². The van der Waals surface area contributed by atoms with Crippen molar-refractivity contribution in [3.05, 3.63) is 137 Å². The number of rotatable bonds is 13. The zero-order chi connectivity index (χ0) is 32.8. The van der Waals surface area contributed by atoms with Crippen molar-refractivity contribution in [1.29, 1.82) is 0 Å². The number of imidazole rings is 1. The summed E-state index contributed by atoms with van der Waals surface area (Å²) in [5.74, 6) is 1.36. The number of oxazole rings is 1. The highest BCUT2D eigenvalue weighted by atomic mass is 19.4. The molecule has 1 aliphatic heterocycles. The molecule has 0 aliphatic carbocycles. The maximum atomic E-state index is 12.7. The first kappa shape index (κ1) is 31.5. The van der Waals surface area contributed by atoms with Gasteiger partial charge < -0.3 is 13.7 Å². The van der Waals surface area contributed by atoms with Crippen molar-refractivity contribution < 1.29 is 31.9 Å². The van der Waals surface area contributed by atoms with Crippen LogP contribution in [0.5, 0.6) is 5.75 Å². The van der Waals surface area contributed by atoms with E-state index in [1.165, 1.54) is 28.9 Å². The highest BCUT2D eigenvalue weighted by molar-refractivity contribution is 6.21. The van der Waals surface area contributed by atoms with Crippen molar-refractivity contribution in [1.82, 2.24) is 19.4 Å². The fourth-order valence-corrected chi connectivity index (χ4v) is 5.36. The maximum absolute atomic E-state index is 12.7. The van der Waals surface area contributed by atoms with Crippen LogP contribution in [0.4, 0.5) is 13.2 Å². The summed E-state index contributed by atoms with van der Waals surface area (Å²) in [6, 6.07) is 19.6. The normalized spacial score (nSPS) is 13.1. The van der Waals surface area contributed by atoms with Crippen LogP contribution in [0.3, 0.4) is 0 Å². The molecule has 0 bridgehead atoms. The number of hydrogen-bond donors (Lipinski definition) is 0. The number of halogens is 3. The van der Waals surface area contributed by atoms with Gasteiger partial charge in [-0.2, -0.15) is 13.2 Å². The molecule has 3 heterocycles. The third-order valence-electron chi connectivity index (χ3n) is 7.89. The Bertz CT molecular complexity index is 1840. The molecule has 0 radical (unpaired) electrons. The van der Waals surface area contributed by atoms with E-state index in [4.69, 9.17) is 9.15 Å². The van der Waals surface area contributed by atoms with Crippen molar-refractivity contribution >= 4 is 24.0 Å². The summed E-state index contributed by atoms with van der Waals surface area (Å²) in [5, 5.41) is 0. The quantitative estimate of drug-likeness (QED) is 0.0978. The number of aromatic nitrogens is 3. The maximum Gasteiger partial charge on any atom is 0.416 e. The number of amides is 2. The van der Waals surface area contributed by atoms with Gasteiger partial charge in [0.25, 0.3) is 11.8 Å². The van der Waals surface area contributed by atoms with Crippen molar-refractivity contribution in [2.75, 3.05) is 6.54 Å². The fourth-order valence-electron chi connectivity index (χ4n) is 5.36. The van der Waals surface area contributed by atoms with E-state index in [-0.39, 0.29) is 18.4 Å². The number of aryl methyl sites for hydroxylation is 2. The number of ether oxygens (including phenoxy) is 1. The van der Waals surface area contributed by atoms with E-state index >= 15 is 0 Å². The average Bonchev–Trinajstić information content (AvgIpc) is 3.79. The first-order valence-corrected chi connectivity index (χ1v) is 15.2. The molecule has 11 heteroatoms. The van der Waals surface area contributed by atoms with E-state index in [0.29, 0.717) is 47.0 Å². The Morgan fingerprint density at radius 1 is 0.830 bits per heavy atom. The van der Waals surface area contributed by atoms with Gasteiger partial charge in [0.05, 0.1) is 16.7 Å². The smallest absolute Gasteiger partial charge is 0.416 e. The van der Waals surface area contributed by atoms with E-state index < -0.39 is 11.7 Å². The lowest BCUT2D eigenvalue weighted by Crippen LogP contribution is -2.32. The van der Waals surface area contributed by atoms with Gasteiger partial charge in [0.2, 0.25) is 5.89 Å². The molecule has 6 rings (SSSR count). The van der Waals surface area contributed by atoms with Gasteiger partial charge in [-0.05, 0) is 72.9 Å². The Hall–Kier alpha value is -5.45. The predicted molar refractivity (Wildman–Crippen MR) is 168 cm³/mol. The minimum Gasteiger partial charge on any atom is -0.487 e. The lowest BCUT2D eigenvalue weighted by molar-refractivity contribution is -0.137. The number of benzene rings is 3. The SMILES string of the molecule is O=C1c2ccccc2C(=O)N1CCc1nccn1CCCCc1ccc(OCc2coc(C=Cc3ccc(C(F)(F)F)cc3)n2)cc1. The molecule has 0 N–H and O–H groups in total. The highest BCUT2D eigenvalue weighted by Crippen LogP contribution is 2.29. The van der Waals surface area contributed by atoms with Crippen LogP contribution in [0.2, 0.25) is 0 Å².